The molecule has 0 aliphatic heterocycles. The molecule has 0 bridgehead atoms. The summed E-state index contributed by atoms with van der Waals surface area (Å²) >= 11 is 0. The zero-order chi connectivity index (χ0) is 13.1. The predicted octanol–water partition coefficient (Wildman–Crippen LogP) is 2.40. The lowest BCUT2D eigenvalue weighted by Gasteiger charge is -2.25. The van der Waals surface area contributed by atoms with E-state index in [9.17, 15) is 4.79 Å². The number of carbonyl (C=O) groups is 1. The number of aromatic nitrogens is 2. The Hall–Kier alpha value is -2.10. The minimum absolute atomic E-state index is 0.00821. The highest BCUT2D eigenvalue weighted by atomic mass is 16.1. The molecule has 98 valence electrons. The van der Waals surface area contributed by atoms with Gasteiger partial charge in [0.25, 0.3) is 5.91 Å². The van der Waals surface area contributed by atoms with Gasteiger partial charge in [0.15, 0.2) is 0 Å². The summed E-state index contributed by atoms with van der Waals surface area (Å²) in [4.78, 5) is 16.1. The highest BCUT2D eigenvalue weighted by Crippen LogP contribution is 2.25. The van der Waals surface area contributed by atoms with Crippen molar-refractivity contribution in [1.82, 2.24) is 14.9 Å². The SMILES string of the molecule is O=C(NCC1CCC1)c1cccc(-n2ccnc2)c1. The van der Waals surface area contributed by atoms with Crippen LogP contribution in [-0.4, -0.2) is 22.0 Å². The number of benzene rings is 1. The van der Waals surface area contributed by atoms with Crippen molar-refractivity contribution >= 4 is 5.91 Å². The lowest BCUT2D eigenvalue weighted by Crippen LogP contribution is -2.32. The smallest absolute Gasteiger partial charge is 0.251 e. The molecule has 0 spiro atoms. The maximum atomic E-state index is 12.1. The first-order chi connectivity index (χ1) is 9.33. The molecule has 0 atom stereocenters. The molecule has 1 aliphatic carbocycles. The van der Waals surface area contributed by atoms with Crippen LogP contribution in [0.3, 0.4) is 0 Å². The fraction of sp³-hybridized carbons (Fsp3) is 0.333. The van der Waals surface area contributed by atoms with Gasteiger partial charge in [0.05, 0.1) is 6.33 Å². The van der Waals surface area contributed by atoms with Gasteiger partial charge in [-0.2, -0.15) is 0 Å². The van der Waals surface area contributed by atoms with Crippen molar-refractivity contribution in [2.75, 3.05) is 6.54 Å². The van der Waals surface area contributed by atoms with Gasteiger partial charge in [-0.15, -0.1) is 0 Å². The number of hydrogen-bond donors (Lipinski definition) is 1. The number of rotatable bonds is 4. The Morgan fingerprint density at radius 3 is 3.00 bits per heavy atom. The third kappa shape index (κ3) is 2.67. The minimum atomic E-state index is 0.00821. The van der Waals surface area contributed by atoms with Crippen LogP contribution in [0.5, 0.6) is 0 Å². The summed E-state index contributed by atoms with van der Waals surface area (Å²) in [5.74, 6) is 0.689. The summed E-state index contributed by atoms with van der Waals surface area (Å²) in [6, 6.07) is 7.59. The Kier molecular flexibility index (Phi) is 3.31. The van der Waals surface area contributed by atoms with Gasteiger partial charge in [-0.05, 0) is 37.0 Å². The predicted molar refractivity (Wildman–Crippen MR) is 73.2 cm³/mol. The molecule has 2 aromatic rings. The zero-order valence-electron chi connectivity index (χ0n) is 10.7. The van der Waals surface area contributed by atoms with E-state index in [2.05, 4.69) is 10.3 Å². The van der Waals surface area contributed by atoms with Gasteiger partial charge in [-0.25, -0.2) is 4.98 Å². The van der Waals surface area contributed by atoms with Crippen molar-refractivity contribution in [3.8, 4) is 5.69 Å². The van der Waals surface area contributed by atoms with E-state index < -0.39 is 0 Å². The molecule has 19 heavy (non-hydrogen) atoms. The van der Waals surface area contributed by atoms with Crippen LogP contribution in [0, 0.1) is 5.92 Å². The molecule has 1 heterocycles. The average Bonchev–Trinajstić information content (AvgIpc) is 2.91. The van der Waals surface area contributed by atoms with E-state index in [1.807, 2.05) is 35.0 Å². The van der Waals surface area contributed by atoms with E-state index in [-0.39, 0.29) is 5.91 Å². The van der Waals surface area contributed by atoms with Crippen LogP contribution in [0.4, 0.5) is 0 Å². The standard InChI is InChI=1S/C15H17N3O/c19-15(17-10-12-3-1-4-12)13-5-2-6-14(9-13)18-8-7-16-11-18/h2,5-9,11-12H,1,3-4,10H2,(H,17,19). The fourth-order valence-corrected chi connectivity index (χ4v) is 2.26. The zero-order valence-corrected chi connectivity index (χ0v) is 10.7. The second kappa shape index (κ2) is 5.26. The third-order valence-electron chi connectivity index (χ3n) is 3.69. The van der Waals surface area contributed by atoms with Gasteiger partial charge in [-0.3, -0.25) is 4.79 Å². The highest BCUT2D eigenvalue weighted by Gasteiger charge is 2.18. The summed E-state index contributed by atoms with van der Waals surface area (Å²) in [5, 5.41) is 3.01. The van der Waals surface area contributed by atoms with E-state index >= 15 is 0 Å². The second-order valence-corrected chi connectivity index (χ2v) is 5.03. The Morgan fingerprint density at radius 1 is 1.42 bits per heavy atom. The van der Waals surface area contributed by atoms with Gasteiger partial charge < -0.3 is 9.88 Å². The molecular weight excluding hydrogens is 238 g/mol. The number of carbonyl (C=O) groups excluding carboxylic acids is 1. The molecule has 1 fully saturated rings. The first-order valence-electron chi connectivity index (χ1n) is 6.69. The second-order valence-electron chi connectivity index (χ2n) is 5.03. The van der Waals surface area contributed by atoms with E-state index in [0.29, 0.717) is 11.5 Å². The lowest BCUT2D eigenvalue weighted by molar-refractivity contribution is 0.0939. The Bertz CT molecular complexity index is 559. The minimum Gasteiger partial charge on any atom is -0.352 e. The Morgan fingerprint density at radius 2 is 2.32 bits per heavy atom. The van der Waals surface area contributed by atoms with Crippen molar-refractivity contribution in [3.05, 3.63) is 48.5 Å². The molecule has 1 aromatic heterocycles. The summed E-state index contributed by atoms with van der Waals surface area (Å²) in [6.07, 6.45) is 9.11. The van der Waals surface area contributed by atoms with Crippen molar-refractivity contribution in [2.45, 2.75) is 19.3 Å². The van der Waals surface area contributed by atoms with Crippen molar-refractivity contribution in [3.63, 3.8) is 0 Å². The molecule has 4 nitrogen and oxygen atoms in total. The Balaban J connectivity index is 1.69. The first kappa shape index (κ1) is 12.0. The van der Waals surface area contributed by atoms with E-state index in [1.54, 1.807) is 12.5 Å². The van der Waals surface area contributed by atoms with E-state index in [1.165, 1.54) is 19.3 Å². The topological polar surface area (TPSA) is 46.9 Å². The van der Waals surface area contributed by atoms with Gasteiger partial charge in [-0.1, -0.05) is 12.5 Å². The quantitative estimate of drug-likeness (QED) is 0.912. The molecule has 0 saturated heterocycles. The van der Waals surface area contributed by atoms with Crippen molar-refractivity contribution < 1.29 is 4.79 Å². The van der Waals surface area contributed by atoms with Crippen LogP contribution < -0.4 is 5.32 Å². The van der Waals surface area contributed by atoms with Crippen LogP contribution in [0.2, 0.25) is 0 Å². The van der Waals surface area contributed by atoms with Gasteiger partial charge in [0.1, 0.15) is 0 Å². The molecule has 1 aromatic carbocycles. The molecule has 0 radical (unpaired) electrons. The number of imidazole rings is 1. The van der Waals surface area contributed by atoms with E-state index in [0.717, 1.165) is 12.2 Å². The monoisotopic (exact) mass is 255 g/mol. The van der Waals surface area contributed by atoms with Crippen LogP contribution in [0.1, 0.15) is 29.6 Å². The molecule has 1 amide bonds. The van der Waals surface area contributed by atoms with Crippen LogP contribution >= 0.6 is 0 Å². The summed E-state index contributed by atoms with van der Waals surface area (Å²) in [6.45, 7) is 0.800. The summed E-state index contributed by atoms with van der Waals surface area (Å²) in [5.41, 5.74) is 1.65. The number of hydrogen-bond acceptors (Lipinski definition) is 2. The lowest BCUT2D eigenvalue weighted by atomic mass is 9.85. The molecule has 4 heteroatoms. The summed E-state index contributed by atoms with van der Waals surface area (Å²) < 4.78 is 1.89. The van der Waals surface area contributed by atoms with Gasteiger partial charge in [0.2, 0.25) is 0 Å². The first-order valence-corrected chi connectivity index (χ1v) is 6.69. The van der Waals surface area contributed by atoms with Crippen LogP contribution in [-0.2, 0) is 0 Å². The van der Waals surface area contributed by atoms with Gasteiger partial charge in [0, 0.05) is 30.2 Å². The average molecular weight is 255 g/mol. The van der Waals surface area contributed by atoms with Crippen molar-refractivity contribution in [2.24, 2.45) is 5.92 Å². The molecular formula is C15H17N3O. The maximum absolute atomic E-state index is 12.1. The van der Waals surface area contributed by atoms with Gasteiger partial charge >= 0.3 is 0 Å². The van der Waals surface area contributed by atoms with Crippen LogP contribution in [0.25, 0.3) is 5.69 Å². The van der Waals surface area contributed by atoms with Crippen molar-refractivity contribution in [1.29, 1.82) is 0 Å². The largest absolute Gasteiger partial charge is 0.352 e. The van der Waals surface area contributed by atoms with Crippen LogP contribution in [0.15, 0.2) is 43.0 Å². The summed E-state index contributed by atoms with van der Waals surface area (Å²) in [7, 11) is 0. The van der Waals surface area contributed by atoms with E-state index in [4.69, 9.17) is 0 Å². The molecule has 1 saturated carbocycles. The molecule has 3 rings (SSSR count). The normalized spacial score (nSPS) is 14.9. The fourth-order valence-electron chi connectivity index (χ4n) is 2.26. The number of nitrogens with zero attached hydrogens (tertiary/aromatic N) is 2. The highest BCUT2D eigenvalue weighted by molar-refractivity contribution is 5.94. The number of nitrogens with one attached hydrogen (secondary N) is 1. The Labute approximate surface area is 112 Å². The maximum Gasteiger partial charge on any atom is 0.251 e. The molecule has 0 unspecified atom stereocenters. The molecule has 1 aliphatic rings. The molecule has 1 N–H and O–H groups in total. The number of amides is 1. The third-order valence-corrected chi connectivity index (χ3v) is 3.69.